The van der Waals surface area contributed by atoms with Crippen LogP contribution >= 0.6 is 0 Å². The quantitative estimate of drug-likeness (QED) is 0.856. The average molecular weight is 328 g/mol. The minimum atomic E-state index is -1.30. The van der Waals surface area contributed by atoms with E-state index in [2.05, 4.69) is 0 Å². The molecule has 0 bridgehead atoms. The Morgan fingerprint density at radius 1 is 1.17 bits per heavy atom. The molecule has 1 amide bonds. The van der Waals surface area contributed by atoms with E-state index in [0.717, 1.165) is 0 Å². The third kappa shape index (κ3) is 2.82. The number of anilines is 1. The highest BCUT2D eigenvalue weighted by Crippen LogP contribution is 2.41. The third-order valence-corrected chi connectivity index (χ3v) is 4.19. The zero-order chi connectivity index (χ0) is 17.3. The Bertz CT molecular complexity index is 758. The van der Waals surface area contributed by atoms with Crippen molar-refractivity contribution in [2.45, 2.75) is 12.5 Å². The molecule has 2 aromatic rings. The lowest BCUT2D eigenvalue weighted by Gasteiger charge is -2.29. The number of hydrogen-bond acceptors (Lipinski definition) is 4. The summed E-state index contributed by atoms with van der Waals surface area (Å²) in [6.07, 6.45) is -0.156. The van der Waals surface area contributed by atoms with Gasteiger partial charge in [0, 0.05) is 24.0 Å². The Morgan fingerprint density at radius 2 is 1.79 bits per heavy atom. The molecule has 0 N–H and O–H groups in total. The smallest absolute Gasteiger partial charge is 0.228 e. The van der Waals surface area contributed by atoms with Gasteiger partial charge in [0.25, 0.3) is 0 Å². The minimum absolute atomic E-state index is 0.156. The van der Waals surface area contributed by atoms with Crippen LogP contribution in [0.5, 0.6) is 5.75 Å². The number of carbonyl (C=O) groups excluding carboxylic acids is 2. The van der Waals surface area contributed by atoms with E-state index in [1.807, 2.05) is 0 Å². The number of halogens is 1. The van der Waals surface area contributed by atoms with Gasteiger partial charge in [-0.05, 0) is 42.0 Å². The van der Waals surface area contributed by atoms with Gasteiger partial charge in [0.15, 0.2) is 0 Å². The van der Waals surface area contributed by atoms with Crippen LogP contribution in [0.25, 0.3) is 0 Å². The number of hydrogen-bond donors (Lipinski definition) is 0. The lowest BCUT2D eigenvalue weighted by Crippen LogP contribution is -2.36. The maximum Gasteiger partial charge on any atom is 0.228 e. The fourth-order valence-electron chi connectivity index (χ4n) is 3.03. The molecule has 6 heteroatoms. The van der Waals surface area contributed by atoms with Gasteiger partial charge < -0.3 is 19.5 Å². The van der Waals surface area contributed by atoms with Gasteiger partial charge in [-0.3, -0.25) is 4.79 Å². The molecule has 24 heavy (non-hydrogen) atoms. The van der Waals surface area contributed by atoms with E-state index in [4.69, 9.17) is 4.74 Å². The number of carboxylic acids is 1. The van der Waals surface area contributed by atoms with Crippen molar-refractivity contribution in [3.05, 3.63) is 59.9 Å². The molecular formula is C18H15FNO4-. The molecule has 1 heterocycles. The summed E-state index contributed by atoms with van der Waals surface area (Å²) >= 11 is 0. The number of carboxylic acid groups (broad SMARTS) is 1. The molecular weight excluding hydrogens is 313 g/mol. The number of ether oxygens (including phenoxy) is 1. The van der Waals surface area contributed by atoms with Crippen molar-refractivity contribution in [1.82, 2.24) is 0 Å². The van der Waals surface area contributed by atoms with E-state index < -0.39 is 23.7 Å². The van der Waals surface area contributed by atoms with E-state index in [-0.39, 0.29) is 12.3 Å². The summed E-state index contributed by atoms with van der Waals surface area (Å²) in [6.45, 7) is 0. The predicted molar refractivity (Wildman–Crippen MR) is 82.7 cm³/mol. The van der Waals surface area contributed by atoms with Gasteiger partial charge in [-0.1, -0.05) is 12.1 Å². The van der Waals surface area contributed by atoms with Crippen LogP contribution in [0.4, 0.5) is 10.1 Å². The predicted octanol–water partition coefficient (Wildman–Crippen LogP) is 1.68. The van der Waals surface area contributed by atoms with E-state index in [9.17, 15) is 19.1 Å². The lowest BCUT2D eigenvalue weighted by atomic mass is 9.93. The number of nitrogens with zero attached hydrogens (tertiary/aromatic N) is 1. The van der Waals surface area contributed by atoms with Crippen molar-refractivity contribution in [3.8, 4) is 5.75 Å². The molecule has 2 aromatic carbocycles. The molecule has 0 aliphatic carbocycles. The van der Waals surface area contributed by atoms with Crippen LogP contribution in [-0.4, -0.2) is 19.0 Å². The Kier molecular flexibility index (Phi) is 4.20. The van der Waals surface area contributed by atoms with Crippen molar-refractivity contribution >= 4 is 17.6 Å². The first-order valence-corrected chi connectivity index (χ1v) is 7.43. The monoisotopic (exact) mass is 328 g/mol. The number of rotatable bonds is 4. The second-order valence-electron chi connectivity index (χ2n) is 5.59. The Hall–Kier alpha value is -2.89. The van der Waals surface area contributed by atoms with Gasteiger partial charge >= 0.3 is 0 Å². The minimum Gasteiger partial charge on any atom is -0.550 e. The normalized spacial score (nSPS) is 20.2. The molecule has 0 spiro atoms. The van der Waals surface area contributed by atoms with E-state index in [1.165, 1.54) is 36.3 Å². The lowest BCUT2D eigenvalue weighted by molar-refractivity contribution is -0.311. The van der Waals surface area contributed by atoms with Crippen LogP contribution in [0.1, 0.15) is 18.0 Å². The van der Waals surface area contributed by atoms with Crippen molar-refractivity contribution in [2.75, 3.05) is 12.0 Å². The number of amides is 1. The Morgan fingerprint density at radius 3 is 2.33 bits per heavy atom. The molecule has 2 unspecified atom stereocenters. The summed E-state index contributed by atoms with van der Waals surface area (Å²) in [6, 6.07) is 11.5. The highest BCUT2D eigenvalue weighted by Gasteiger charge is 2.42. The second-order valence-corrected chi connectivity index (χ2v) is 5.59. The molecule has 5 nitrogen and oxygen atoms in total. The van der Waals surface area contributed by atoms with Crippen molar-refractivity contribution in [3.63, 3.8) is 0 Å². The van der Waals surface area contributed by atoms with Gasteiger partial charge in [-0.25, -0.2) is 4.39 Å². The molecule has 1 saturated heterocycles. The first kappa shape index (κ1) is 16.0. The van der Waals surface area contributed by atoms with Crippen LogP contribution in [0.3, 0.4) is 0 Å². The zero-order valence-corrected chi connectivity index (χ0v) is 12.9. The van der Waals surface area contributed by atoms with Crippen LogP contribution in [-0.2, 0) is 9.59 Å². The maximum atomic E-state index is 13.2. The first-order valence-electron chi connectivity index (χ1n) is 7.43. The first-order chi connectivity index (χ1) is 11.5. The molecule has 0 radical (unpaired) electrons. The topological polar surface area (TPSA) is 69.7 Å². The number of aliphatic carboxylic acids is 1. The SMILES string of the molecule is COc1ccc(N2C(=O)CC(C(=O)[O-])C2c2ccc(F)cc2)cc1. The maximum absolute atomic E-state index is 13.2. The molecule has 0 saturated carbocycles. The van der Waals surface area contributed by atoms with Crippen LogP contribution in [0, 0.1) is 11.7 Å². The fraction of sp³-hybridized carbons (Fsp3) is 0.222. The summed E-state index contributed by atoms with van der Waals surface area (Å²) in [4.78, 5) is 25.3. The fourth-order valence-corrected chi connectivity index (χ4v) is 3.03. The number of benzene rings is 2. The highest BCUT2D eigenvalue weighted by atomic mass is 19.1. The van der Waals surface area contributed by atoms with E-state index >= 15 is 0 Å². The summed E-state index contributed by atoms with van der Waals surface area (Å²) in [5.41, 5.74) is 1.10. The molecule has 1 aliphatic rings. The summed E-state index contributed by atoms with van der Waals surface area (Å²) < 4.78 is 18.3. The summed E-state index contributed by atoms with van der Waals surface area (Å²) in [5, 5.41) is 11.5. The van der Waals surface area contributed by atoms with Gasteiger partial charge in [0.2, 0.25) is 5.91 Å². The molecule has 2 atom stereocenters. The van der Waals surface area contributed by atoms with Gasteiger partial charge in [0.1, 0.15) is 11.6 Å². The zero-order valence-electron chi connectivity index (χ0n) is 12.9. The van der Waals surface area contributed by atoms with Crippen molar-refractivity contribution < 1.29 is 23.8 Å². The van der Waals surface area contributed by atoms with Crippen LogP contribution in [0.2, 0.25) is 0 Å². The highest BCUT2D eigenvalue weighted by molar-refractivity contribution is 6.00. The van der Waals surface area contributed by atoms with E-state index in [1.54, 1.807) is 24.3 Å². The molecule has 0 aromatic heterocycles. The molecule has 124 valence electrons. The molecule has 1 fully saturated rings. The summed E-state index contributed by atoms with van der Waals surface area (Å²) in [7, 11) is 1.53. The number of carbonyl (C=O) groups is 2. The van der Waals surface area contributed by atoms with Gasteiger partial charge in [-0.15, -0.1) is 0 Å². The molecule has 3 rings (SSSR count). The molecule has 1 aliphatic heterocycles. The van der Waals surface area contributed by atoms with Gasteiger partial charge in [-0.2, -0.15) is 0 Å². The van der Waals surface area contributed by atoms with Gasteiger partial charge in [0.05, 0.1) is 13.2 Å². The van der Waals surface area contributed by atoms with Crippen molar-refractivity contribution in [1.29, 1.82) is 0 Å². The average Bonchev–Trinajstić information content (AvgIpc) is 2.93. The summed E-state index contributed by atoms with van der Waals surface area (Å²) in [5.74, 6) is -2.41. The largest absolute Gasteiger partial charge is 0.550 e. The Balaban J connectivity index is 2.04. The van der Waals surface area contributed by atoms with E-state index in [0.29, 0.717) is 17.0 Å². The number of methoxy groups -OCH3 is 1. The third-order valence-electron chi connectivity index (χ3n) is 4.19. The Labute approximate surface area is 138 Å². The van der Waals surface area contributed by atoms with Crippen LogP contribution in [0.15, 0.2) is 48.5 Å². The standard InChI is InChI=1S/C18H16FNO4/c1-24-14-8-6-13(7-9-14)20-16(21)10-15(18(22)23)17(20)11-2-4-12(19)5-3-11/h2-9,15,17H,10H2,1H3,(H,22,23)/p-1. The second kappa shape index (κ2) is 6.31. The van der Waals surface area contributed by atoms with Crippen molar-refractivity contribution in [2.24, 2.45) is 5.92 Å². The van der Waals surface area contributed by atoms with Crippen LogP contribution < -0.4 is 14.7 Å².